The molecule has 2 aromatic rings. The van der Waals surface area contributed by atoms with Gasteiger partial charge in [0.15, 0.2) is 0 Å². The van der Waals surface area contributed by atoms with Crippen molar-refractivity contribution in [1.29, 1.82) is 0 Å². The minimum atomic E-state index is 0.326. The van der Waals surface area contributed by atoms with Crippen molar-refractivity contribution in [2.45, 2.75) is 33.2 Å². The molecule has 0 aliphatic rings. The van der Waals surface area contributed by atoms with E-state index in [1.54, 1.807) is 11.3 Å². The molecule has 0 saturated carbocycles. The van der Waals surface area contributed by atoms with E-state index in [9.17, 15) is 0 Å². The smallest absolute Gasteiger partial charge is 0.134 e. The second-order valence-corrected chi connectivity index (χ2v) is 6.64. The largest absolute Gasteiger partial charge is 0.365 e. The van der Waals surface area contributed by atoms with E-state index in [0.717, 1.165) is 22.8 Å². The molecular formula is C13H16BrN3S. The minimum absolute atomic E-state index is 0.326. The fourth-order valence-electron chi connectivity index (χ4n) is 1.54. The Labute approximate surface area is 120 Å². The van der Waals surface area contributed by atoms with Crippen molar-refractivity contribution < 1.29 is 0 Å². The van der Waals surface area contributed by atoms with E-state index >= 15 is 0 Å². The third-order valence-electron chi connectivity index (χ3n) is 2.47. The highest BCUT2D eigenvalue weighted by molar-refractivity contribution is 9.10. The van der Waals surface area contributed by atoms with Crippen LogP contribution in [0.5, 0.6) is 0 Å². The Morgan fingerprint density at radius 2 is 2.11 bits per heavy atom. The number of aromatic nitrogens is 2. The molecule has 0 spiro atoms. The van der Waals surface area contributed by atoms with E-state index in [1.807, 2.05) is 6.07 Å². The fraction of sp³-hybridized carbons (Fsp3) is 0.385. The lowest BCUT2D eigenvalue weighted by Crippen LogP contribution is -2.05. The molecule has 0 aliphatic heterocycles. The third kappa shape index (κ3) is 3.53. The Balaban J connectivity index is 2.09. The van der Waals surface area contributed by atoms with Crippen LogP contribution in [-0.2, 0) is 6.54 Å². The van der Waals surface area contributed by atoms with E-state index in [0.29, 0.717) is 5.92 Å². The molecule has 2 heterocycles. The number of thiophene rings is 1. The molecule has 0 aliphatic carbocycles. The summed E-state index contributed by atoms with van der Waals surface area (Å²) >= 11 is 5.23. The van der Waals surface area contributed by atoms with Crippen LogP contribution in [0.15, 0.2) is 22.8 Å². The van der Waals surface area contributed by atoms with Crippen LogP contribution < -0.4 is 5.32 Å². The zero-order valence-corrected chi connectivity index (χ0v) is 13.1. The van der Waals surface area contributed by atoms with Crippen LogP contribution in [-0.4, -0.2) is 9.97 Å². The molecule has 1 N–H and O–H groups in total. The van der Waals surface area contributed by atoms with Crippen LogP contribution in [0.25, 0.3) is 0 Å². The molecule has 3 nitrogen and oxygen atoms in total. The van der Waals surface area contributed by atoms with Gasteiger partial charge in [-0.2, -0.15) is 0 Å². The molecule has 96 valence electrons. The standard InChI is InChI=1S/C13H16BrN3S/c1-8(2)13-16-11(14)6-12(17-13)15-7-10-5-4-9(3)18-10/h4-6,8H,7H2,1-3H3,(H,15,16,17). The lowest BCUT2D eigenvalue weighted by Gasteiger charge is -2.09. The van der Waals surface area contributed by atoms with Crippen LogP contribution in [0.4, 0.5) is 5.82 Å². The number of aryl methyl sites for hydroxylation is 1. The Bertz CT molecular complexity index is 537. The van der Waals surface area contributed by atoms with Crippen molar-refractivity contribution in [3.63, 3.8) is 0 Å². The summed E-state index contributed by atoms with van der Waals surface area (Å²) in [7, 11) is 0. The lowest BCUT2D eigenvalue weighted by molar-refractivity contribution is 0.769. The summed E-state index contributed by atoms with van der Waals surface area (Å²) in [6.07, 6.45) is 0. The van der Waals surface area contributed by atoms with E-state index in [4.69, 9.17) is 0 Å². The Morgan fingerprint density at radius 3 is 2.72 bits per heavy atom. The molecular weight excluding hydrogens is 310 g/mol. The number of anilines is 1. The fourth-order valence-corrected chi connectivity index (χ4v) is 2.77. The molecule has 0 unspecified atom stereocenters. The summed E-state index contributed by atoms with van der Waals surface area (Å²) in [5.74, 6) is 2.05. The summed E-state index contributed by atoms with van der Waals surface area (Å²) in [6, 6.07) is 6.19. The van der Waals surface area contributed by atoms with Crippen molar-refractivity contribution in [1.82, 2.24) is 9.97 Å². The normalized spacial score (nSPS) is 10.9. The van der Waals surface area contributed by atoms with Gasteiger partial charge in [-0.25, -0.2) is 9.97 Å². The molecule has 0 saturated heterocycles. The van der Waals surface area contributed by atoms with E-state index in [2.05, 4.69) is 64.1 Å². The zero-order chi connectivity index (χ0) is 13.1. The van der Waals surface area contributed by atoms with E-state index in [-0.39, 0.29) is 0 Å². The summed E-state index contributed by atoms with van der Waals surface area (Å²) in [4.78, 5) is 11.5. The number of hydrogen-bond donors (Lipinski definition) is 1. The average Bonchev–Trinajstić information content (AvgIpc) is 2.72. The van der Waals surface area contributed by atoms with Crippen LogP contribution >= 0.6 is 27.3 Å². The van der Waals surface area contributed by atoms with Gasteiger partial charge in [-0.3, -0.25) is 0 Å². The number of hydrogen-bond acceptors (Lipinski definition) is 4. The minimum Gasteiger partial charge on any atom is -0.365 e. The van der Waals surface area contributed by atoms with Gasteiger partial charge in [0.05, 0.1) is 6.54 Å². The van der Waals surface area contributed by atoms with Crippen LogP contribution in [0.2, 0.25) is 0 Å². The molecule has 5 heteroatoms. The van der Waals surface area contributed by atoms with Crippen molar-refractivity contribution >= 4 is 33.1 Å². The number of rotatable bonds is 4. The van der Waals surface area contributed by atoms with Gasteiger partial charge in [0.25, 0.3) is 0 Å². The van der Waals surface area contributed by atoms with Crippen molar-refractivity contribution in [3.8, 4) is 0 Å². The number of nitrogens with one attached hydrogen (secondary N) is 1. The number of halogens is 1. The predicted molar refractivity (Wildman–Crippen MR) is 80.2 cm³/mol. The SMILES string of the molecule is Cc1ccc(CNc2cc(Br)nc(C(C)C)n2)s1. The predicted octanol–water partition coefficient (Wildman–Crippen LogP) is 4.34. The Kier molecular flexibility index (Phi) is 4.35. The van der Waals surface area contributed by atoms with Gasteiger partial charge in [0.2, 0.25) is 0 Å². The van der Waals surface area contributed by atoms with Crippen molar-refractivity contribution in [2.75, 3.05) is 5.32 Å². The Morgan fingerprint density at radius 1 is 1.33 bits per heavy atom. The first kappa shape index (κ1) is 13.5. The van der Waals surface area contributed by atoms with Gasteiger partial charge in [0.1, 0.15) is 16.2 Å². The van der Waals surface area contributed by atoms with Crippen LogP contribution in [0.1, 0.15) is 35.3 Å². The summed E-state index contributed by atoms with van der Waals surface area (Å²) in [6.45, 7) is 7.11. The first-order valence-electron chi connectivity index (χ1n) is 5.88. The Hall–Kier alpha value is -0.940. The first-order valence-corrected chi connectivity index (χ1v) is 7.49. The van der Waals surface area contributed by atoms with Gasteiger partial charge >= 0.3 is 0 Å². The topological polar surface area (TPSA) is 37.8 Å². The maximum Gasteiger partial charge on any atom is 0.134 e. The highest BCUT2D eigenvalue weighted by atomic mass is 79.9. The summed E-state index contributed by atoms with van der Waals surface area (Å²) in [5.41, 5.74) is 0. The third-order valence-corrected chi connectivity index (χ3v) is 3.88. The first-order chi connectivity index (χ1) is 8.54. The molecule has 2 aromatic heterocycles. The van der Waals surface area contributed by atoms with Crippen LogP contribution in [0.3, 0.4) is 0 Å². The molecule has 18 heavy (non-hydrogen) atoms. The van der Waals surface area contributed by atoms with Gasteiger partial charge in [-0.15, -0.1) is 11.3 Å². The van der Waals surface area contributed by atoms with E-state index in [1.165, 1.54) is 9.75 Å². The molecule has 0 fully saturated rings. The van der Waals surface area contributed by atoms with Crippen molar-refractivity contribution in [3.05, 3.63) is 38.4 Å². The highest BCUT2D eigenvalue weighted by Gasteiger charge is 2.07. The maximum absolute atomic E-state index is 4.51. The van der Waals surface area contributed by atoms with Crippen molar-refractivity contribution in [2.24, 2.45) is 0 Å². The summed E-state index contributed by atoms with van der Waals surface area (Å²) in [5, 5.41) is 3.34. The van der Waals surface area contributed by atoms with Gasteiger partial charge in [-0.1, -0.05) is 13.8 Å². The van der Waals surface area contributed by atoms with Gasteiger partial charge in [-0.05, 0) is 35.0 Å². The molecule has 0 atom stereocenters. The molecule has 0 aromatic carbocycles. The quantitative estimate of drug-likeness (QED) is 0.849. The second-order valence-electron chi connectivity index (χ2n) is 4.45. The lowest BCUT2D eigenvalue weighted by atomic mass is 10.2. The van der Waals surface area contributed by atoms with E-state index < -0.39 is 0 Å². The average molecular weight is 326 g/mol. The monoisotopic (exact) mass is 325 g/mol. The highest BCUT2D eigenvalue weighted by Crippen LogP contribution is 2.20. The van der Waals surface area contributed by atoms with Gasteiger partial charge < -0.3 is 5.32 Å². The van der Waals surface area contributed by atoms with Crippen LogP contribution in [0, 0.1) is 6.92 Å². The molecule has 2 rings (SSSR count). The number of nitrogens with zero attached hydrogens (tertiary/aromatic N) is 2. The zero-order valence-electron chi connectivity index (χ0n) is 10.7. The molecule has 0 bridgehead atoms. The summed E-state index contributed by atoms with van der Waals surface area (Å²) < 4.78 is 0.825. The maximum atomic E-state index is 4.51. The molecule has 0 radical (unpaired) electrons. The van der Waals surface area contributed by atoms with Gasteiger partial charge in [0, 0.05) is 21.7 Å². The second kappa shape index (κ2) is 5.80. The molecule has 0 amide bonds.